The molecule has 0 radical (unpaired) electrons. The predicted octanol–water partition coefficient (Wildman–Crippen LogP) is 4.01. The molecule has 0 saturated heterocycles. The first-order valence-electron chi connectivity index (χ1n) is 5.01. The van der Waals surface area contributed by atoms with Crippen LogP contribution in [0.15, 0.2) is 28.7 Å². The lowest BCUT2D eigenvalue weighted by Crippen LogP contribution is -1.99. The maximum atomic E-state index is 5.58. The van der Waals surface area contributed by atoms with Crippen LogP contribution in [-0.2, 0) is 11.3 Å². The van der Waals surface area contributed by atoms with E-state index in [4.69, 9.17) is 4.74 Å². The van der Waals surface area contributed by atoms with E-state index in [0.29, 0.717) is 12.5 Å². The first-order valence-corrected chi connectivity index (χ1v) is 5.80. The summed E-state index contributed by atoms with van der Waals surface area (Å²) in [5.41, 5.74) is 1.22. The second kappa shape index (κ2) is 6.20. The highest BCUT2D eigenvalue weighted by atomic mass is 79.9. The molecular weight excluding hydrogens is 240 g/mol. The molecule has 0 aliphatic heterocycles. The van der Waals surface area contributed by atoms with Gasteiger partial charge >= 0.3 is 0 Å². The van der Waals surface area contributed by atoms with E-state index < -0.39 is 0 Å². The van der Waals surface area contributed by atoms with Gasteiger partial charge in [-0.1, -0.05) is 48.0 Å². The van der Waals surface area contributed by atoms with E-state index in [-0.39, 0.29) is 0 Å². The Morgan fingerprint density at radius 3 is 2.64 bits per heavy atom. The molecule has 2 heteroatoms. The Bertz CT molecular complexity index is 271. The summed E-state index contributed by atoms with van der Waals surface area (Å²) in [6, 6.07) is 8.17. The zero-order chi connectivity index (χ0) is 10.4. The zero-order valence-corrected chi connectivity index (χ0v) is 10.4. The number of hydrogen-bond acceptors (Lipinski definition) is 1. The van der Waals surface area contributed by atoms with Crippen LogP contribution in [0.4, 0.5) is 0 Å². The van der Waals surface area contributed by atoms with Gasteiger partial charge in [0, 0.05) is 11.1 Å². The highest BCUT2D eigenvalue weighted by Gasteiger charge is 1.98. The third-order valence-electron chi connectivity index (χ3n) is 2.05. The van der Waals surface area contributed by atoms with Crippen LogP contribution in [-0.4, -0.2) is 6.61 Å². The minimum absolute atomic E-state index is 0.703. The van der Waals surface area contributed by atoms with Gasteiger partial charge in [0.05, 0.1) is 6.61 Å². The van der Waals surface area contributed by atoms with Crippen molar-refractivity contribution < 1.29 is 4.74 Å². The van der Waals surface area contributed by atoms with Gasteiger partial charge in [-0.25, -0.2) is 0 Å². The first-order chi connectivity index (χ1) is 6.70. The second-order valence-corrected chi connectivity index (χ2v) is 4.68. The average Bonchev–Trinajstić information content (AvgIpc) is 2.15. The lowest BCUT2D eigenvalue weighted by Gasteiger charge is -2.07. The summed E-state index contributed by atoms with van der Waals surface area (Å²) in [5, 5.41) is 0. The van der Waals surface area contributed by atoms with E-state index in [2.05, 4.69) is 35.8 Å². The van der Waals surface area contributed by atoms with Crippen LogP contribution in [0, 0.1) is 5.92 Å². The molecule has 0 fully saturated rings. The molecule has 0 N–H and O–H groups in total. The predicted molar refractivity (Wildman–Crippen MR) is 63.3 cm³/mol. The molecule has 14 heavy (non-hydrogen) atoms. The SMILES string of the molecule is CC(C)CCOCc1ccccc1Br. The van der Waals surface area contributed by atoms with Gasteiger partial charge in [-0.2, -0.15) is 0 Å². The highest BCUT2D eigenvalue weighted by molar-refractivity contribution is 9.10. The van der Waals surface area contributed by atoms with Crippen molar-refractivity contribution in [1.82, 2.24) is 0 Å². The Hall–Kier alpha value is -0.340. The van der Waals surface area contributed by atoms with Crippen molar-refractivity contribution in [1.29, 1.82) is 0 Å². The number of halogens is 1. The summed E-state index contributed by atoms with van der Waals surface area (Å²) in [6.07, 6.45) is 1.13. The molecule has 0 aliphatic rings. The van der Waals surface area contributed by atoms with Gasteiger partial charge in [0.2, 0.25) is 0 Å². The van der Waals surface area contributed by atoms with Crippen molar-refractivity contribution in [3.05, 3.63) is 34.3 Å². The molecule has 1 aromatic rings. The first kappa shape index (κ1) is 11.7. The average molecular weight is 257 g/mol. The minimum atomic E-state index is 0.703. The van der Waals surface area contributed by atoms with Gasteiger partial charge in [-0.05, 0) is 24.0 Å². The molecule has 0 bridgehead atoms. The zero-order valence-electron chi connectivity index (χ0n) is 8.79. The monoisotopic (exact) mass is 256 g/mol. The van der Waals surface area contributed by atoms with E-state index in [1.165, 1.54) is 5.56 Å². The summed E-state index contributed by atoms with van der Waals surface area (Å²) in [5.74, 6) is 0.717. The van der Waals surface area contributed by atoms with Crippen molar-refractivity contribution in [2.24, 2.45) is 5.92 Å². The summed E-state index contributed by atoms with van der Waals surface area (Å²) in [4.78, 5) is 0. The fraction of sp³-hybridized carbons (Fsp3) is 0.500. The van der Waals surface area contributed by atoms with Crippen LogP contribution in [0.3, 0.4) is 0 Å². The van der Waals surface area contributed by atoms with E-state index >= 15 is 0 Å². The van der Waals surface area contributed by atoms with Crippen LogP contribution < -0.4 is 0 Å². The van der Waals surface area contributed by atoms with Gasteiger partial charge in [-0.3, -0.25) is 0 Å². The van der Waals surface area contributed by atoms with Crippen molar-refractivity contribution in [3.63, 3.8) is 0 Å². The third kappa shape index (κ3) is 4.25. The molecule has 0 amide bonds. The number of ether oxygens (including phenoxy) is 1. The van der Waals surface area contributed by atoms with Gasteiger partial charge in [0.15, 0.2) is 0 Å². The van der Waals surface area contributed by atoms with Gasteiger partial charge < -0.3 is 4.74 Å². The fourth-order valence-corrected chi connectivity index (χ4v) is 1.52. The number of benzene rings is 1. The Morgan fingerprint density at radius 1 is 1.29 bits per heavy atom. The summed E-state index contributed by atoms with van der Waals surface area (Å²) >= 11 is 3.50. The largest absolute Gasteiger partial charge is 0.377 e. The van der Waals surface area contributed by atoms with Crippen molar-refractivity contribution in [2.45, 2.75) is 26.9 Å². The van der Waals surface area contributed by atoms with Crippen molar-refractivity contribution in [3.8, 4) is 0 Å². The normalized spacial score (nSPS) is 10.9. The van der Waals surface area contributed by atoms with E-state index in [1.807, 2.05) is 18.2 Å². The summed E-state index contributed by atoms with van der Waals surface area (Å²) < 4.78 is 6.71. The van der Waals surface area contributed by atoms with Crippen molar-refractivity contribution in [2.75, 3.05) is 6.61 Å². The number of hydrogen-bond donors (Lipinski definition) is 0. The van der Waals surface area contributed by atoms with E-state index in [9.17, 15) is 0 Å². The molecule has 1 nitrogen and oxygen atoms in total. The molecule has 1 aromatic carbocycles. The third-order valence-corrected chi connectivity index (χ3v) is 2.83. The maximum absolute atomic E-state index is 5.58. The molecule has 0 unspecified atom stereocenters. The second-order valence-electron chi connectivity index (χ2n) is 3.83. The Morgan fingerprint density at radius 2 is 2.00 bits per heavy atom. The fourth-order valence-electron chi connectivity index (χ4n) is 1.12. The number of rotatable bonds is 5. The molecular formula is C12H17BrO. The summed E-state index contributed by atoms with van der Waals surface area (Å²) in [6.45, 7) is 5.97. The van der Waals surface area contributed by atoms with Crippen LogP contribution in [0.5, 0.6) is 0 Å². The van der Waals surface area contributed by atoms with Gasteiger partial charge in [-0.15, -0.1) is 0 Å². The lowest BCUT2D eigenvalue weighted by atomic mass is 10.1. The minimum Gasteiger partial charge on any atom is -0.377 e. The van der Waals surface area contributed by atoms with Crippen LogP contribution in [0.25, 0.3) is 0 Å². The van der Waals surface area contributed by atoms with Crippen LogP contribution in [0.2, 0.25) is 0 Å². The van der Waals surface area contributed by atoms with Gasteiger partial charge in [0.25, 0.3) is 0 Å². The molecule has 0 atom stereocenters. The maximum Gasteiger partial charge on any atom is 0.0727 e. The quantitative estimate of drug-likeness (QED) is 0.724. The Labute approximate surface area is 94.6 Å². The Kier molecular flexibility index (Phi) is 5.20. The molecule has 0 saturated carbocycles. The topological polar surface area (TPSA) is 9.23 Å². The Balaban J connectivity index is 2.28. The van der Waals surface area contributed by atoms with Crippen molar-refractivity contribution >= 4 is 15.9 Å². The standard InChI is InChI=1S/C12H17BrO/c1-10(2)7-8-14-9-11-5-3-4-6-12(11)13/h3-6,10H,7-9H2,1-2H3. The van der Waals surface area contributed by atoms with E-state index in [0.717, 1.165) is 17.5 Å². The van der Waals surface area contributed by atoms with Gasteiger partial charge in [0.1, 0.15) is 0 Å². The molecule has 0 aliphatic carbocycles. The molecule has 0 heterocycles. The smallest absolute Gasteiger partial charge is 0.0727 e. The summed E-state index contributed by atoms with van der Waals surface area (Å²) in [7, 11) is 0. The molecule has 0 aromatic heterocycles. The molecule has 1 rings (SSSR count). The highest BCUT2D eigenvalue weighted by Crippen LogP contribution is 2.16. The van der Waals surface area contributed by atoms with Crippen LogP contribution in [0.1, 0.15) is 25.8 Å². The van der Waals surface area contributed by atoms with Crippen LogP contribution >= 0.6 is 15.9 Å². The van der Waals surface area contributed by atoms with E-state index in [1.54, 1.807) is 0 Å². The lowest BCUT2D eigenvalue weighted by molar-refractivity contribution is 0.110. The molecule has 0 spiro atoms. The molecule has 78 valence electrons.